The highest BCUT2D eigenvalue weighted by atomic mass is 16.6. The minimum Gasteiger partial charge on any atom is -0.480 e. The number of nitrogens with two attached hydrogens (primary N) is 1. The number of anilines is 1. The number of amides is 1. The molecular formula is C12H13N3O5. The molecule has 106 valence electrons. The van der Waals surface area contributed by atoms with Gasteiger partial charge >= 0.3 is 5.97 Å². The number of carbonyl (C=O) groups is 2. The van der Waals surface area contributed by atoms with Crippen molar-refractivity contribution >= 4 is 23.3 Å². The van der Waals surface area contributed by atoms with Crippen LogP contribution in [0.25, 0.3) is 0 Å². The van der Waals surface area contributed by atoms with Crippen molar-refractivity contribution in [3.63, 3.8) is 0 Å². The number of para-hydroxylation sites is 1. The van der Waals surface area contributed by atoms with Crippen molar-refractivity contribution in [3.05, 3.63) is 33.9 Å². The quantitative estimate of drug-likeness (QED) is 0.480. The van der Waals surface area contributed by atoms with E-state index in [4.69, 9.17) is 10.8 Å². The molecule has 0 aromatic heterocycles. The van der Waals surface area contributed by atoms with Gasteiger partial charge in [-0.2, -0.15) is 0 Å². The molecule has 1 saturated heterocycles. The van der Waals surface area contributed by atoms with Gasteiger partial charge in [-0.3, -0.25) is 14.9 Å². The molecule has 0 spiro atoms. The molecule has 0 bridgehead atoms. The SMILES string of the molecule is Nc1c(C(=O)N2CCC[C@H]2C(=O)O)cccc1[N+](=O)[O-]. The van der Waals surface area contributed by atoms with Gasteiger partial charge in [0, 0.05) is 12.6 Å². The lowest BCUT2D eigenvalue weighted by molar-refractivity contribution is -0.383. The minimum atomic E-state index is -1.08. The number of aliphatic carboxylic acids is 1. The molecule has 1 aliphatic heterocycles. The van der Waals surface area contributed by atoms with E-state index >= 15 is 0 Å². The predicted octanol–water partition coefficient (Wildman–Crippen LogP) is 0.866. The molecule has 1 fully saturated rings. The lowest BCUT2D eigenvalue weighted by Crippen LogP contribution is -2.40. The Bertz CT molecular complexity index is 586. The predicted molar refractivity (Wildman–Crippen MR) is 69.2 cm³/mol. The third kappa shape index (κ3) is 2.27. The van der Waals surface area contributed by atoms with Crippen molar-refractivity contribution < 1.29 is 19.6 Å². The average Bonchev–Trinajstić information content (AvgIpc) is 2.87. The topological polar surface area (TPSA) is 127 Å². The molecule has 0 unspecified atom stereocenters. The largest absolute Gasteiger partial charge is 0.480 e. The first-order valence-corrected chi connectivity index (χ1v) is 6.00. The van der Waals surface area contributed by atoms with Crippen LogP contribution in [0.5, 0.6) is 0 Å². The summed E-state index contributed by atoms with van der Waals surface area (Å²) >= 11 is 0. The van der Waals surface area contributed by atoms with Gasteiger partial charge in [-0.25, -0.2) is 4.79 Å². The van der Waals surface area contributed by atoms with Gasteiger partial charge in [0.15, 0.2) is 0 Å². The van der Waals surface area contributed by atoms with E-state index in [2.05, 4.69) is 0 Å². The van der Waals surface area contributed by atoms with Crippen molar-refractivity contribution in [1.82, 2.24) is 4.90 Å². The number of nitro benzene ring substituents is 1. The number of carbonyl (C=O) groups excluding carboxylic acids is 1. The maximum absolute atomic E-state index is 12.3. The summed E-state index contributed by atoms with van der Waals surface area (Å²) in [5.41, 5.74) is 5.01. The van der Waals surface area contributed by atoms with Crippen LogP contribution < -0.4 is 5.73 Å². The third-order valence-electron chi connectivity index (χ3n) is 3.31. The summed E-state index contributed by atoms with van der Waals surface area (Å²) in [7, 11) is 0. The van der Waals surface area contributed by atoms with Crippen LogP contribution in [0, 0.1) is 10.1 Å². The molecule has 20 heavy (non-hydrogen) atoms. The second-order valence-corrected chi connectivity index (χ2v) is 4.49. The fourth-order valence-corrected chi connectivity index (χ4v) is 2.32. The standard InChI is InChI=1S/C12H13N3O5/c13-10-7(3-1-4-8(10)15(19)20)11(16)14-6-2-5-9(14)12(17)18/h1,3-4,9H,2,5-6,13H2,(H,17,18)/t9-/m0/s1. The van der Waals surface area contributed by atoms with Crippen LogP contribution in [0.2, 0.25) is 0 Å². The molecule has 2 rings (SSSR count). The average molecular weight is 279 g/mol. The molecule has 0 aliphatic carbocycles. The highest BCUT2D eigenvalue weighted by Crippen LogP contribution is 2.28. The summed E-state index contributed by atoms with van der Waals surface area (Å²) in [6.07, 6.45) is 0.952. The van der Waals surface area contributed by atoms with Gasteiger partial charge in [-0.1, -0.05) is 6.07 Å². The number of hydrogen-bond acceptors (Lipinski definition) is 5. The molecular weight excluding hydrogens is 266 g/mol. The molecule has 8 heteroatoms. The Balaban J connectivity index is 2.37. The number of rotatable bonds is 3. The first-order valence-electron chi connectivity index (χ1n) is 6.00. The van der Waals surface area contributed by atoms with Gasteiger partial charge < -0.3 is 15.7 Å². The second-order valence-electron chi connectivity index (χ2n) is 4.49. The van der Waals surface area contributed by atoms with Crippen molar-refractivity contribution in [1.29, 1.82) is 0 Å². The minimum absolute atomic E-state index is 0.0349. The van der Waals surface area contributed by atoms with Crippen LogP contribution in [0.1, 0.15) is 23.2 Å². The highest BCUT2D eigenvalue weighted by Gasteiger charge is 2.35. The molecule has 1 aromatic rings. The molecule has 0 radical (unpaired) electrons. The number of carboxylic acids is 1. The van der Waals surface area contributed by atoms with Gasteiger partial charge in [-0.05, 0) is 18.9 Å². The molecule has 1 aliphatic rings. The van der Waals surface area contributed by atoms with Gasteiger partial charge in [0.05, 0.1) is 10.5 Å². The van der Waals surface area contributed by atoms with Crippen LogP contribution in [0.4, 0.5) is 11.4 Å². The Morgan fingerprint density at radius 1 is 1.45 bits per heavy atom. The molecule has 3 N–H and O–H groups in total. The van der Waals surface area contributed by atoms with Crippen LogP contribution in [-0.2, 0) is 4.79 Å². The van der Waals surface area contributed by atoms with Gasteiger partial charge in [0.25, 0.3) is 11.6 Å². The van der Waals surface area contributed by atoms with E-state index in [0.717, 1.165) is 0 Å². The Kier molecular flexibility index (Phi) is 3.55. The zero-order valence-corrected chi connectivity index (χ0v) is 10.5. The Hall–Kier alpha value is -2.64. The van der Waals surface area contributed by atoms with E-state index in [1.54, 1.807) is 0 Å². The summed E-state index contributed by atoms with van der Waals surface area (Å²) in [5, 5.41) is 19.9. The molecule has 1 atom stereocenters. The summed E-state index contributed by atoms with van der Waals surface area (Å²) in [6.45, 7) is 0.304. The van der Waals surface area contributed by atoms with Crippen molar-refractivity contribution in [2.45, 2.75) is 18.9 Å². The van der Waals surface area contributed by atoms with Crippen LogP contribution in [0.15, 0.2) is 18.2 Å². The van der Waals surface area contributed by atoms with Crippen LogP contribution in [-0.4, -0.2) is 39.4 Å². The molecule has 0 saturated carbocycles. The van der Waals surface area contributed by atoms with Crippen LogP contribution in [0.3, 0.4) is 0 Å². The van der Waals surface area contributed by atoms with E-state index in [-0.39, 0.29) is 16.9 Å². The van der Waals surface area contributed by atoms with Gasteiger partial charge in [-0.15, -0.1) is 0 Å². The molecule has 1 heterocycles. The molecule has 1 amide bonds. The Morgan fingerprint density at radius 3 is 2.75 bits per heavy atom. The normalized spacial score (nSPS) is 18.0. The number of nitro groups is 1. The van der Waals surface area contributed by atoms with Crippen molar-refractivity contribution in [3.8, 4) is 0 Å². The summed E-state index contributed by atoms with van der Waals surface area (Å²) in [5.74, 6) is -1.67. The number of hydrogen-bond donors (Lipinski definition) is 2. The fourth-order valence-electron chi connectivity index (χ4n) is 2.32. The lowest BCUT2D eigenvalue weighted by atomic mass is 10.1. The summed E-state index contributed by atoms with van der Waals surface area (Å²) in [6, 6.07) is 3.02. The number of benzene rings is 1. The molecule has 8 nitrogen and oxygen atoms in total. The smallest absolute Gasteiger partial charge is 0.326 e. The summed E-state index contributed by atoms with van der Waals surface area (Å²) < 4.78 is 0. The number of likely N-dealkylation sites (tertiary alicyclic amines) is 1. The zero-order chi connectivity index (χ0) is 14.9. The Labute approximate surface area is 113 Å². The van der Waals surface area contributed by atoms with E-state index in [1.807, 2.05) is 0 Å². The lowest BCUT2D eigenvalue weighted by Gasteiger charge is -2.21. The first kappa shape index (κ1) is 13.8. The number of nitrogen functional groups attached to an aromatic ring is 1. The third-order valence-corrected chi connectivity index (χ3v) is 3.31. The Morgan fingerprint density at radius 2 is 2.15 bits per heavy atom. The van der Waals surface area contributed by atoms with Crippen molar-refractivity contribution in [2.75, 3.05) is 12.3 Å². The van der Waals surface area contributed by atoms with E-state index < -0.39 is 22.8 Å². The van der Waals surface area contributed by atoms with Gasteiger partial charge in [0.1, 0.15) is 11.7 Å². The first-order chi connectivity index (χ1) is 9.43. The maximum atomic E-state index is 12.3. The van der Waals surface area contributed by atoms with Crippen LogP contribution >= 0.6 is 0 Å². The maximum Gasteiger partial charge on any atom is 0.326 e. The van der Waals surface area contributed by atoms with E-state index in [9.17, 15) is 19.7 Å². The van der Waals surface area contributed by atoms with Gasteiger partial charge in [0.2, 0.25) is 0 Å². The zero-order valence-electron chi connectivity index (χ0n) is 10.5. The van der Waals surface area contributed by atoms with E-state index in [1.165, 1.54) is 23.1 Å². The molecule has 1 aromatic carbocycles. The fraction of sp³-hybridized carbons (Fsp3) is 0.333. The van der Waals surface area contributed by atoms with Crippen molar-refractivity contribution in [2.24, 2.45) is 0 Å². The summed E-state index contributed by atoms with van der Waals surface area (Å²) in [4.78, 5) is 34.7. The number of nitrogens with zero attached hydrogens (tertiary/aromatic N) is 2. The highest BCUT2D eigenvalue weighted by molar-refractivity contribution is 6.02. The second kappa shape index (κ2) is 5.16. The monoisotopic (exact) mass is 279 g/mol. The number of carboxylic acid groups (broad SMARTS) is 1. The van der Waals surface area contributed by atoms with E-state index in [0.29, 0.717) is 19.4 Å².